The van der Waals surface area contributed by atoms with Gasteiger partial charge in [0.15, 0.2) is 17.2 Å². The van der Waals surface area contributed by atoms with Gasteiger partial charge in [-0.2, -0.15) is 18.2 Å². The molecule has 0 aliphatic carbocycles. The molecule has 0 aliphatic heterocycles. The van der Waals surface area contributed by atoms with Crippen LogP contribution in [0.15, 0.2) is 48.7 Å². The lowest BCUT2D eigenvalue weighted by molar-refractivity contribution is -0.138. The summed E-state index contributed by atoms with van der Waals surface area (Å²) in [6, 6.07) is 10.1. The number of nitrogens with zero attached hydrogens (tertiary/aromatic N) is 3. The van der Waals surface area contributed by atoms with Gasteiger partial charge in [0.2, 0.25) is 5.88 Å². The largest absolute Gasteiger partial charge is 0.480 e. The third-order valence-corrected chi connectivity index (χ3v) is 3.37. The van der Waals surface area contributed by atoms with Crippen molar-refractivity contribution in [2.45, 2.75) is 6.18 Å². The molecule has 0 aliphatic rings. The monoisotopic (exact) mass is 364 g/mol. The van der Waals surface area contributed by atoms with E-state index >= 15 is 0 Å². The van der Waals surface area contributed by atoms with Gasteiger partial charge in [0.25, 0.3) is 0 Å². The van der Waals surface area contributed by atoms with Gasteiger partial charge in [0.05, 0.1) is 12.8 Å². The zero-order chi connectivity index (χ0) is 18.7. The number of benzene rings is 1. The van der Waals surface area contributed by atoms with Crippen molar-refractivity contribution in [3.8, 4) is 17.4 Å². The van der Waals surface area contributed by atoms with Crippen LogP contribution in [-0.2, 0) is 6.18 Å². The summed E-state index contributed by atoms with van der Waals surface area (Å²) in [5, 5.41) is 2.38. The molecule has 0 fully saturated rings. The molecular weight excluding hydrogens is 352 g/mol. The summed E-state index contributed by atoms with van der Waals surface area (Å²) in [4.78, 5) is 11.7. The molecule has 9 heteroatoms. The van der Waals surface area contributed by atoms with Crippen molar-refractivity contribution in [2.24, 2.45) is 0 Å². The lowest BCUT2D eigenvalue weighted by atomic mass is 10.2. The highest BCUT2D eigenvalue weighted by Crippen LogP contribution is 2.41. The van der Waals surface area contributed by atoms with E-state index in [0.29, 0.717) is 0 Å². The Balaban J connectivity index is 2.20. The topological polar surface area (TPSA) is 59.9 Å². The first-order valence-electron chi connectivity index (χ1n) is 7.36. The zero-order valence-electron chi connectivity index (χ0n) is 13.4. The molecule has 2 aromatic heterocycles. The fraction of sp³-hybridized carbons (Fsp3) is 0.118. The van der Waals surface area contributed by atoms with Gasteiger partial charge in [-0.3, -0.25) is 4.98 Å². The number of ether oxygens (including phenoxy) is 1. The third kappa shape index (κ3) is 3.56. The molecule has 3 rings (SSSR count). The Hall–Kier alpha value is -3.23. The summed E-state index contributed by atoms with van der Waals surface area (Å²) >= 11 is 0. The fourth-order valence-corrected chi connectivity index (χ4v) is 2.23. The van der Waals surface area contributed by atoms with E-state index in [1.54, 1.807) is 12.1 Å². The van der Waals surface area contributed by atoms with Crippen LogP contribution in [-0.4, -0.2) is 22.1 Å². The van der Waals surface area contributed by atoms with Crippen LogP contribution in [0.2, 0.25) is 0 Å². The SMILES string of the molecule is COc1nc(-c2ccccn2)nc(Nc2ccccc2F)c1C(F)(F)F. The molecule has 0 atom stereocenters. The first kappa shape index (κ1) is 17.6. The third-order valence-electron chi connectivity index (χ3n) is 3.37. The second kappa shape index (κ2) is 6.95. The van der Waals surface area contributed by atoms with Gasteiger partial charge < -0.3 is 10.1 Å². The number of aromatic nitrogens is 3. The number of anilines is 2. The Kier molecular flexibility index (Phi) is 4.70. The van der Waals surface area contributed by atoms with Crippen LogP contribution in [0.25, 0.3) is 11.5 Å². The molecule has 0 saturated carbocycles. The normalized spacial score (nSPS) is 11.3. The summed E-state index contributed by atoms with van der Waals surface area (Å²) < 4.78 is 59.3. The minimum atomic E-state index is -4.82. The van der Waals surface area contributed by atoms with Gasteiger partial charge in [0.1, 0.15) is 11.5 Å². The highest BCUT2D eigenvalue weighted by molar-refractivity contribution is 5.66. The molecule has 26 heavy (non-hydrogen) atoms. The lowest BCUT2D eigenvalue weighted by Gasteiger charge is -2.17. The highest BCUT2D eigenvalue weighted by atomic mass is 19.4. The number of alkyl halides is 3. The van der Waals surface area contributed by atoms with E-state index < -0.39 is 29.3 Å². The van der Waals surface area contributed by atoms with E-state index in [-0.39, 0.29) is 17.2 Å². The zero-order valence-corrected chi connectivity index (χ0v) is 13.4. The Morgan fingerprint density at radius 1 is 1.00 bits per heavy atom. The molecule has 0 radical (unpaired) electrons. The summed E-state index contributed by atoms with van der Waals surface area (Å²) in [7, 11) is 1.06. The predicted octanol–water partition coefficient (Wildman–Crippen LogP) is 4.45. The van der Waals surface area contributed by atoms with Crippen molar-refractivity contribution in [3.63, 3.8) is 0 Å². The van der Waals surface area contributed by atoms with Crippen LogP contribution < -0.4 is 10.1 Å². The maximum Gasteiger partial charge on any atom is 0.425 e. The molecule has 0 unspecified atom stereocenters. The van der Waals surface area contributed by atoms with Gasteiger partial charge >= 0.3 is 6.18 Å². The van der Waals surface area contributed by atoms with Crippen LogP contribution in [0.1, 0.15) is 5.56 Å². The van der Waals surface area contributed by atoms with Gasteiger partial charge in [-0.05, 0) is 24.3 Å². The van der Waals surface area contributed by atoms with Crippen LogP contribution >= 0.6 is 0 Å². The molecule has 0 bridgehead atoms. The molecule has 0 saturated heterocycles. The minimum Gasteiger partial charge on any atom is -0.480 e. The smallest absolute Gasteiger partial charge is 0.425 e. The number of pyridine rings is 1. The van der Waals surface area contributed by atoms with Crippen molar-refractivity contribution < 1.29 is 22.3 Å². The molecule has 5 nitrogen and oxygen atoms in total. The Morgan fingerprint density at radius 2 is 1.73 bits per heavy atom. The number of para-hydroxylation sites is 1. The van der Waals surface area contributed by atoms with Gasteiger partial charge in [-0.25, -0.2) is 9.37 Å². The molecule has 134 valence electrons. The van der Waals surface area contributed by atoms with Crippen molar-refractivity contribution in [2.75, 3.05) is 12.4 Å². The standard InChI is InChI=1S/C17H12F4N4O/c1-26-16-13(17(19,20)21)15(23-11-7-3-2-6-10(11)18)24-14(25-16)12-8-4-5-9-22-12/h2-9H,1H3,(H,23,24,25). The highest BCUT2D eigenvalue weighted by Gasteiger charge is 2.40. The lowest BCUT2D eigenvalue weighted by Crippen LogP contribution is -2.15. The minimum absolute atomic E-state index is 0.0886. The first-order valence-corrected chi connectivity index (χ1v) is 7.36. The summed E-state index contributed by atoms with van der Waals surface area (Å²) in [5.41, 5.74) is -1.15. The maximum absolute atomic E-state index is 13.9. The van der Waals surface area contributed by atoms with Gasteiger partial charge in [0, 0.05) is 6.20 Å². The van der Waals surface area contributed by atoms with E-state index in [1.807, 2.05) is 0 Å². The average molecular weight is 364 g/mol. The van der Waals surface area contributed by atoms with Crippen LogP contribution in [0.4, 0.5) is 29.1 Å². The molecular formula is C17H12F4N4O. The Bertz CT molecular complexity index is 916. The van der Waals surface area contributed by atoms with Crippen molar-refractivity contribution >= 4 is 11.5 Å². The van der Waals surface area contributed by atoms with E-state index in [4.69, 9.17) is 4.74 Å². The molecule has 1 N–H and O–H groups in total. The number of hydrogen-bond acceptors (Lipinski definition) is 5. The summed E-state index contributed by atoms with van der Waals surface area (Å²) in [6.07, 6.45) is -3.37. The van der Waals surface area contributed by atoms with E-state index in [9.17, 15) is 17.6 Å². The maximum atomic E-state index is 13.9. The number of rotatable bonds is 4. The molecule has 1 aromatic carbocycles. The number of hydrogen-bond donors (Lipinski definition) is 1. The second-order valence-corrected chi connectivity index (χ2v) is 5.10. The van der Waals surface area contributed by atoms with Crippen molar-refractivity contribution in [1.82, 2.24) is 15.0 Å². The van der Waals surface area contributed by atoms with E-state index in [0.717, 1.165) is 13.2 Å². The Morgan fingerprint density at radius 3 is 2.35 bits per heavy atom. The first-order chi connectivity index (χ1) is 12.4. The van der Waals surface area contributed by atoms with Crippen LogP contribution in [0.5, 0.6) is 5.88 Å². The molecule has 2 heterocycles. The van der Waals surface area contributed by atoms with Gasteiger partial charge in [-0.1, -0.05) is 18.2 Å². The Labute approximate surface area is 145 Å². The van der Waals surface area contributed by atoms with Crippen molar-refractivity contribution in [1.29, 1.82) is 0 Å². The summed E-state index contributed by atoms with van der Waals surface area (Å²) in [6.45, 7) is 0. The van der Waals surface area contributed by atoms with E-state index in [1.165, 1.54) is 30.5 Å². The van der Waals surface area contributed by atoms with Gasteiger partial charge in [-0.15, -0.1) is 0 Å². The van der Waals surface area contributed by atoms with Crippen LogP contribution in [0, 0.1) is 5.82 Å². The summed E-state index contributed by atoms with van der Waals surface area (Å²) in [5.74, 6) is -2.13. The number of halogens is 4. The second-order valence-electron chi connectivity index (χ2n) is 5.10. The predicted molar refractivity (Wildman–Crippen MR) is 86.5 cm³/mol. The van der Waals surface area contributed by atoms with Crippen LogP contribution in [0.3, 0.4) is 0 Å². The van der Waals surface area contributed by atoms with Crippen molar-refractivity contribution in [3.05, 3.63) is 60.0 Å². The molecule has 0 spiro atoms. The molecule has 0 amide bonds. The van der Waals surface area contributed by atoms with E-state index in [2.05, 4.69) is 20.3 Å². The quantitative estimate of drug-likeness (QED) is 0.693. The molecule has 3 aromatic rings. The average Bonchev–Trinajstić information content (AvgIpc) is 2.62. The number of nitrogens with one attached hydrogen (secondary N) is 1. The fourth-order valence-electron chi connectivity index (χ4n) is 2.23. The number of methoxy groups -OCH3 is 1.